The number of carbonyl (C=O) groups is 1. The van der Waals surface area contributed by atoms with Crippen LogP contribution in [0.2, 0.25) is 0 Å². The van der Waals surface area contributed by atoms with Gasteiger partial charge in [-0.2, -0.15) is 21.0 Å². The number of hydrogen-bond donors (Lipinski definition) is 2. The van der Waals surface area contributed by atoms with Crippen molar-refractivity contribution in [3.63, 3.8) is 0 Å². The van der Waals surface area contributed by atoms with Crippen LogP contribution in [0.15, 0.2) is 52.3 Å². The molecule has 1 atom stereocenters. The molecule has 0 spiro atoms. The van der Waals surface area contributed by atoms with Crippen molar-refractivity contribution in [2.75, 3.05) is 12.3 Å². The lowest BCUT2D eigenvalue weighted by Gasteiger charge is -2.29. The minimum Gasteiger partial charge on any atom is -0.481 e. The second kappa shape index (κ2) is 8.92. The smallest absolute Gasteiger partial charge is 0.303 e. The van der Waals surface area contributed by atoms with Crippen LogP contribution in [0.25, 0.3) is 22.9 Å². The first kappa shape index (κ1) is 22.0. The van der Waals surface area contributed by atoms with Gasteiger partial charge >= 0.3 is 5.97 Å². The Balaban J connectivity index is 1.44. The standard InChI is InChI=1S/C27H27N5O2S/c28-26-24(19-9-10-35-15-19)25(17-7-5-16(6-8-17)11-23(33)34)31-27-21(14-30-32(26)27)20-12-18-3-1-2-4-22(18)29-13-20/h1-4,9-10,12,14-17,20H,5-8,11,13,28H2,(H,33,34). The number of rotatable bonds is 5. The van der Waals surface area contributed by atoms with Crippen molar-refractivity contribution in [1.82, 2.24) is 14.6 Å². The van der Waals surface area contributed by atoms with Crippen LogP contribution in [0.5, 0.6) is 0 Å². The predicted octanol–water partition coefficient (Wildman–Crippen LogP) is 3.99. The van der Waals surface area contributed by atoms with E-state index in [1.165, 1.54) is 0 Å². The lowest BCUT2D eigenvalue weighted by molar-refractivity contribution is -0.138. The van der Waals surface area contributed by atoms with E-state index in [1.54, 1.807) is 15.9 Å². The molecule has 0 radical (unpaired) electrons. The molecule has 4 heterocycles. The summed E-state index contributed by atoms with van der Waals surface area (Å²) in [5.41, 5.74) is 11.6. The second-order valence-electron chi connectivity index (χ2n) is 9.59. The molecule has 3 aromatic heterocycles. The van der Waals surface area contributed by atoms with Crippen molar-refractivity contribution >= 4 is 34.8 Å². The highest BCUT2D eigenvalue weighted by Crippen LogP contribution is 2.43. The van der Waals surface area contributed by atoms with E-state index >= 15 is 0 Å². The summed E-state index contributed by atoms with van der Waals surface area (Å²) in [5, 5.41) is 20.2. The number of carboxylic acids is 1. The van der Waals surface area contributed by atoms with E-state index in [4.69, 9.17) is 15.7 Å². The molecule has 35 heavy (non-hydrogen) atoms. The van der Waals surface area contributed by atoms with Gasteiger partial charge in [-0.15, -0.1) is 0 Å². The van der Waals surface area contributed by atoms with Gasteiger partial charge in [-0.1, -0.05) is 24.3 Å². The SMILES string of the molecule is Nc1c(-c2ccsc2)c(C2CCC(CC(=O)O)CC2)nc2c(C3C=c4ccccc4=NC3)cnn12. The van der Waals surface area contributed by atoms with Crippen molar-refractivity contribution in [1.29, 1.82) is 0 Å². The van der Waals surface area contributed by atoms with E-state index in [0.29, 0.717) is 12.4 Å². The molecule has 3 N–H and O–H groups in total. The highest BCUT2D eigenvalue weighted by Gasteiger charge is 2.30. The van der Waals surface area contributed by atoms with E-state index in [-0.39, 0.29) is 24.2 Å². The van der Waals surface area contributed by atoms with Gasteiger partial charge in [0.05, 0.1) is 23.8 Å². The highest BCUT2D eigenvalue weighted by molar-refractivity contribution is 7.08. The van der Waals surface area contributed by atoms with Crippen molar-refractivity contribution in [2.45, 2.75) is 43.9 Å². The van der Waals surface area contributed by atoms with Gasteiger partial charge in [0.2, 0.25) is 0 Å². The lowest BCUT2D eigenvalue weighted by Crippen LogP contribution is -2.30. The number of hydrogen-bond acceptors (Lipinski definition) is 6. The average molecular weight is 486 g/mol. The first-order chi connectivity index (χ1) is 17.1. The minimum absolute atomic E-state index is 0.0838. The summed E-state index contributed by atoms with van der Waals surface area (Å²) in [4.78, 5) is 21.2. The Morgan fingerprint density at radius 1 is 1.17 bits per heavy atom. The van der Waals surface area contributed by atoms with Crippen molar-refractivity contribution in [2.24, 2.45) is 10.9 Å². The van der Waals surface area contributed by atoms with Gasteiger partial charge in [-0.3, -0.25) is 9.79 Å². The first-order valence-corrected chi connectivity index (χ1v) is 13.1. The molecule has 178 valence electrons. The molecule has 4 aromatic rings. The van der Waals surface area contributed by atoms with Crippen LogP contribution in [0.4, 0.5) is 5.82 Å². The summed E-state index contributed by atoms with van der Waals surface area (Å²) in [7, 11) is 0. The van der Waals surface area contributed by atoms with Crippen LogP contribution in [0, 0.1) is 5.92 Å². The predicted molar refractivity (Wildman–Crippen MR) is 137 cm³/mol. The average Bonchev–Trinajstić information content (AvgIpc) is 3.54. The van der Waals surface area contributed by atoms with Gasteiger partial charge in [0, 0.05) is 29.4 Å². The Labute approximate surface area is 206 Å². The third kappa shape index (κ3) is 4.01. The van der Waals surface area contributed by atoms with E-state index < -0.39 is 5.97 Å². The maximum absolute atomic E-state index is 11.2. The number of nitrogens with zero attached hydrogens (tertiary/aromatic N) is 4. The monoisotopic (exact) mass is 485 g/mol. The highest BCUT2D eigenvalue weighted by atomic mass is 32.1. The number of para-hydroxylation sites is 1. The van der Waals surface area contributed by atoms with Gasteiger partial charge in [0.1, 0.15) is 5.82 Å². The van der Waals surface area contributed by atoms with E-state index in [2.05, 4.69) is 34.1 Å². The summed E-state index contributed by atoms with van der Waals surface area (Å²) < 4.78 is 1.77. The number of anilines is 1. The molecule has 0 saturated heterocycles. The number of thiophene rings is 1. The van der Waals surface area contributed by atoms with Crippen LogP contribution >= 0.6 is 11.3 Å². The molecular formula is C27H27N5O2S. The van der Waals surface area contributed by atoms with Crippen molar-refractivity contribution in [3.05, 3.63) is 69.1 Å². The summed E-state index contributed by atoms with van der Waals surface area (Å²) in [5.74, 6) is 0.455. The molecular weight excluding hydrogens is 458 g/mol. The number of benzene rings is 1. The maximum Gasteiger partial charge on any atom is 0.303 e. The molecule has 0 amide bonds. The van der Waals surface area contributed by atoms with Gasteiger partial charge in [0.15, 0.2) is 5.65 Å². The molecule has 1 unspecified atom stereocenters. The molecule has 7 nitrogen and oxygen atoms in total. The Morgan fingerprint density at radius 2 is 2.00 bits per heavy atom. The van der Waals surface area contributed by atoms with Gasteiger partial charge in [-0.25, -0.2) is 4.98 Å². The zero-order chi connectivity index (χ0) is 23.9. The fraction of sp³-hybridized carbons (Fsp3) is 0.333. The Bertz CT molecular complexity index is 1520. The first-order valence-electron chi connectivity index (χ1n) is 12.1. The van der Waals surface area contributed by atoms with E-state index in [0.717, 1.165) is 64.3 Å². The quantitative estimate of drug-likeness (QED) is 0.445. The lowest BCUT2D eigenvalue weighted by atomic mass is 9.78. The normalized spacial score (nSPS) is 21.8. The molecule has 6 rings (SSSR count). The van der Waals surface area contributed by atoms with Crippen LogP contribution < -0.4 is 16.3 Å². The van der Waals surface area contributed by atoms with E-state index in [9.17, 15) is 9.90 Å². The van der Waals surface area contributed by atoms with Crippen LogP contribution in [-0.2, 0) is 4.79 Å². The third-order valence-corrected chi connectivity index (χ3v) is 8.10. The van der Waals surface area contributed by atoms with Crippen LogP contribution in [-0.4, -0.2) is 32.2 Å². The number of nitrogens with two attached hydrogens (primary N) is 1. The fourth-order valence-corrected chi connectivity index (χ4v) is 6.27. The van der Waals surface area contributed by atoms with Gasteiger partial charge in [-0.05, 0) is 65.3 Å². The number of nitrogen functional groups attached to an aromatic ring is 1. The number of fused-ring (bicyclic) bond motifs is 2. The van der Waals surface area contributed by atoms with E-state index in [1.807, 2.05) is 24.4 Å². The summed E-state index contributed by atoms with van der Waals surface area (Å²) in [6, 6.07) is 10.3. The topological polar surface area (TPSA) is 106 Å². The van der Waals surface area contributed by atoms with Gasteiger partial charge in [0.25, 0.3) is 0 Å². The zero-order valence-corrected chi connectivity index (χ0v) is 20.1. The molecule has 1 aliphatic heterocycles. The zero-order valence-electron chi connectivity index (χ0n) is 19.3. The van der Waals surface area contributed by atoms with Crippen LogP contribution in [0.3, 0.4) is 0 Å². The molecule has 2 aliphatic rings. The second-order valence-corrected chi connectivity index (χ2v) is 10.4. The molecule has 8 heteroatoms. The van der Waals surface area contributed by atoms with Crippen LogP contribution in [0.1, 0.15) is 55.2 Å². The molecule has 1 aromatic carbocycles. The third-order valence-electron chi connectivity index (χ3n) is 7.42. The van der Waals surface area contributed by atoms with Crippen molar-refractivity contribution in [3.8, 4) is 11.1 Å². The van der Waals surface area contributed by atoms with Gasteiger partial charge < -0.3 is 10.8 Å². The molecule has 1 fully saturated rings. The Morgan fingerprint density at radius 3 is 2.77 bits per heavy atom. The fourth-order valence-electron chi connectivity index (χ4n) is 5.62. The minimum atomic E-state index is -0.712. The Hall–Kier alpha value is -3.52. The summed E-state index contributed by atoms with van der Waals surface area (Å²) in [6.07, 6.45) is 8.00. The maximum atomic E-state index is 11.2. The largest absolute Gasteiger partial charge is 0.481 e. The van der Waals surface area contributed by atoms with Crippen molar-refractivity contribution < 1.29 is 9.90 Å². The summed E-state index contributed by atoms with van der Waals surface area (Å²) in [6.45, 7) is 0.655. The molecule has 1 aliphatic carbocycles. The molecule has 0 bridgehead atoms. The summed E-state index contributed by atoms with van der Waals surface area (Å²) >= 11 is 1.64. The number of carboxylic acid groups (broad SMARTS) is 1. The number of aromatic nitrogens is 3. The molecule has 1 saturated carbocycles. The number of aliphatic carboxylic acids is 1. The Kier molecular flexibility index (Phi) is 5.60.